The Labute approximate surface area is 149 Å². The molecule has 0 fully saturated rings. The molecule has 3 heteroatoms. The summed E-state index contributed by atoms with van der Waals surface area (Å²) in [5.41, 5.74) is 6.99. The van der Waals surface area contributed by atoms with E-state index in [1.807, 2.05) is 63.2 Å². The van der Waals surface area contributed by atoms with Gasteiger partial charge in [0, 0.05) is 17.7 Å². The normalized spacial score (nSPS) is 18.2. The Morgan fingerprint density at radius 3 is 2.68 bits per heavy atom. The number of amides is 1. The van der Waals surface area contributed by atoms with Crippen LogP contribution in [0.4, 0.5) is 5.69 Å². The maximum atomic E-state index is 12.8. The highest BCUT2D eigenvalue weighted by Crippen LogP contribution is 2.25. The van der Waals surface area contributed by atoms with Gasteiger partial charge in [-0.3, -0.25) is 4.79 Å². The van der Waals surface area contributed by atoms with Gasteiger partial charge in [0.05, 0.1) is 12.9 Å². The second-order valence-electron chi connectivity index (χ2n) is 6.45. The second-order valence-corrected chi connectivity index (χ2v) is 6.45. The van der Waals surface area contributed by atoms with Gasteiger partial charge >= 0.3 is 0 Å². The summed E-state index contributed by atoms with van der Waals surface area (Å²) < 4.78 is 5.61. The van der Waals surface area contributed by atoms with Crippen molar-refractivity contribution in [2.24, 2.45) is 0 Å². The van der Waals surface area contributed by atoms with Gasteiger partial charge in [-0.05, 0) is 55.2 Å². The van der Waals surface area contributed by atoms with E-state index in [-0.39, 0.29) is 5.91 Å². The number of allylic oxidation sites excluding steroid dienone is 1. The molecule has 0 unspecified atom stereocenters. The van der Waals surface area contributed by atoms with Crippen molar-refractivity contribution in [1.82, 2.24) is 0 Å². The first kappa shape index (κ1) is 17.0. The van der Waals surface area contributed by atoms with E-state index in [9.17, 15) is 4.79 Å². The third kappa shape index (κ3) is 4.00. The summed E-state index contributed by atoms with van der Waals surface area (Å²) in [4.78, 5) is 12.8. The van der Waals surface area contributed by atoms with Crippen LogP contribution in [-0.4, -0.2) is 12.5 Å². The minimum absolute atomic E-state index is 0.0788. The minimum Gasteiger partial charge on any atom is -0.501 e. The number of rotatable bonds is 2. The summed E-state index contributed by atoms with van der Waals surface area (Å²) in [6.07, 6.45) is 4.31. The predicted molar refractivity (Wildman–Crippen MR) is 103 cm³/mol. The molecule has 1 aliphatic heterocycles. The van der Waals surface area contributed by atoms with Crippen LogP contribution in [0.5, 0.6) is 0 Å². The van der Waals surface area contributed by atoms with Gasteiger partial charge in [-0.15, -0.1) is 0 Å². The van der Waals surface area contributed by atoms with Crippen molar-refractivity contribution < 1.29 is 9.53 Å². The van der Waals surface area contributed by atoms with E-state index >= 15 is 0 Å². The molecule has 3 rings (SSSR count). The standard InChI is InChI=1S/C22H23NO2/c1-15-8-9-21(16(2)12-15)23-22(24)19-10-11-25-14-17(3)20-7-5-4-6-18(20)13-19/h4-9,12-14H,10-11H2,1-3H3,(H,23,24)/b17-14+,19-13+. The van der Waals surface area contributed by atoms with Crippen molar-refractivity contribution in [2.75, 3.05) is 11.9 Å². The Hall–Kier alpha value is -2.81. The molecule has 0 saturated carbocycles. The first-order chi connectivity index (χ1) is 12.0. The predicted octanol–water partition coefficient (Wildman–Crippen LogP) is 5.11. The fraction of sp³-hybridized carbons (Fsp3) is 0.227. The lowest BCUT2D eigenvalue weighted by Gasteiger charge is -2.12. The van der Waals surface area contributed by atoms with Gasteiger partial charge in [-0.25, -0.2) is 0 Å². The highest BCUT2D eigenvalue weighted by Gasteiger charge is 2.14. The Morgan fingerprint density at radius 2 is 1.88 bits per heavy atom. The summed E-state index contributed by atoms with van der Waals surface area (Å²) >= 11 is 0. The van der Waals surface area contributed by atoms with E-state index in [1.165, 1.54) is 5.56 Å². The molecule has 1 heterocycles. The quantitative estimate of drug-likeness (QED) is 0.829. The van der Waals surface area contributed by atoms with E-state index in [0.717, 1.165) is 33.5 Å². The van der Waals surface area contributed by atoms with Crippen molar-refractivity contribution >= 4 is 23.2 Å². The summed E-state index contributed by atoms with van der Waals surface area (Å²) in [5.74, 6) is -0.0788. The van der Waals surface area contributed by atoms with E-state index in [0.29, 0.717) is 13.0 Å². The second kappa shape index (κ2) is 7.39. The first-order valence-electron chi connectivity index (χ1n) is 8.51. The van der Waals surface area contributed by atoms with Crippen molar-refractivity contribution in [3.8, 4) is 0 Å². The topological polar surface area (TPSA) is 38.3 Å². The maximum Gasteiger partial charge on any atom is 0.251 e. The van der Waals surface area contributed by atoms with E-state index in [4.69, 9.17) is 4.74 Å². The summed E-state index contributed by atoms with van der Waals surface area (Å²) in [5, 5.41) is 3.04. The zero-order chi connectivity index (χ0) is 17.8. The lowest BCUT2D eigenvalue weighted by molar-refractivity contribution is -0.113. The zero-order valence-electron chi connectivity index (χ0n) is 14.9. The average molecular weight is 333 g/mol. The molecule has 1 amide bonds. The third-order valence-corrected chi connectivity index (χ3v) is 4.39. The third-order valence-electron chi connectivity index (χ3n) is 4.39. The van der Waals surface area contributed by atoms with Gasteiger partial charge in [0.25, 0.3) is 5.91 Å². The molecule has 0 atom stereocenters. The lowest BCUT2D eigenvalue weighted by Crippen LogP contribution is -2.16. The Kier molecular flexibility index (Phi) is 5.03. The number of anilines is 1. The fourth-order valence-electron chi connectivity index (χ4n) is 2.99. The van der Waals surface area contributed by atoms with E-state index < -0.39 is 0 Å². The van der Waals surface area contributed by atoms with Crippen LogP contribution in [0.25, 0.3) is 11.6 Å². The Balaban J connectivity index is 1.92. The number of nitrogens with one attached hydrogen (secondary N) is 1. The molecule has 0 bridgehead atoms. The van der Waals surface area contributed by atoms with Crippen LogP contribution >= 0.6 is 0 Å². The van der Waals surface area contributed by atoms with Gasteiger partial charge in [-0.2, -0.15) is 0 Å². The van der Waals surface area contributed by atoms with Crippen LogP contribution < -0.4 is 5.32 Å². The summed E-state index contributed by atoms with van der Waals surface area (Å²) in [6, 6.07) is 14.1. The summed E-state index contributed by atoms with van der Waals surface area (Å²) in [7, 11) is 0. The van der Waals surface area contributed by atoms with E-state index in [1.54, 1.807) is 6.26 Å². The van der Waals surface area contributed by atoms with Gasteiger partial charge < -0.3 is 10.1 Å². The monoisotopic (exact) mass is 333 g/mol. The van der Waals surface area contributed by atoms with Crippen molar-refractivity contribution in [1.29, 1.82) is 0 Å². The van der Waals surface area contributed by atoms with Gasteiger partial charge in [0.2, 0.25) is 0 Å². The molecule has 3 nitrogen and oxygen atoms in total. The molecular weight excluding hydrogens is 310 g/mol. The summed E-state index contributed by atoms with van der Waals surface area (Å²) in [6.45, 7) is 6.56. The molecule has 25 heavy (non-hydrogen) atoms. The highest BCUT2D eigenvalue weighted by atomic mass is 16.5. The number of carbonyl (C=O) groups is 1. The Morgan fingerprint density at radius 1 is 1.08 bits per heavy atom. The first-order valence-corrected chi connectivity index (χ1v) is 8.51. The molecule has 128 valence electrons. The van der Waals surface area contributed by atoms with Crippen molar-refractivity contribution in [3.05, 3.63) is 76.6 Å². The molecule has 0 saturated heterocycles. The number of hydrogen-bond donors (Lipinski definition) is 1. The van der Waals surface area contributed by atoms with Crippen molar-refractivity contribution in [3.63, 3.8) is 0 Å². The maximum absolute atomic E-state index is 12.8. The lowest BCUT2D eigenvalue weighted by atomic mass is 9.99. The molecule has 1 N–H and O–H groups in total. The molecule has 0 radical (unpaired) electrons. The van der Waals surface area contributed by atoms with Crippen molar-refractivity contribution in [2.45, 2.75) is 27.2 Å². The van der Waals surface area contributed by atoms with Crippen LogP contribution in [0, 0.1) is 13.8 Å². The van der Waals surface area contributed by atoms with Crippen LogP contribution in [0.3, 0.4) is 0 Å². The number of carbonyl (C=O) groups excluding carboxylic acids is 1. The molecule has 0 aliphatic carbocycles. The van der Waals surface area contributed by atoms with Crippen LogP contribution in [0.1, 0.15) is 35.6 Å². The average Bonchev–Trinajstić information content (AvgIpc) is 2.67. The molecule has 1 aliphatic rings. The van der Waals surface area contributed by atoms with Crippen LogP contribution in [0.15, 0.2) is 54.3 Å². The number of ether oxygens (including phenoxy) is 1. The number of hydrogen-bond acceptors (Lipinski definition) is 2. The van der Waals surface area contributed by atoms with Crippen LogP contribution in [0.2, 0.25) is 0 Å². The molecule has 2 aromatic carbocycles. The number of fused-ring (bicyclic) bond motifs is 1. The van der Waals surface area contributed by atoms with Gasteiger partial charge in [-0.1, -0.05) is 42.0 Å². The number of benzene rings is 2. The smallest absolute Gasteiger partial charge is 0.251 e. The van der Waals surface area contributed by atoms with E-state index in [2.05, 4.69) is 11.4 Å². The number of aryl methyl sites for hydroxylation is 2. The van der Waals surface area contributed by atoms with Crippen LogP contribution in [-0.2, 0) is 9.53 Å². The largest absolute Gasteiger partial charge is 0.501 e. The fourth-order valence-corrected chi connectivity index (χ4v) is 2.99. The SMILES string of the molecule is C/C1=C\OCC/C(C(=O)Nc2ccc(C)cc2C)=C\c2ccccc21. The Bertz CT molecular complexity index is 862. The molecule has 0 aromatic heterocycles. The zero-order valence-corrected chi connectivity index (χ0v) is 14.9. The highest BCUT2D eigenvalue weighted by molar-refractivity contribution is 6.07. The molecular formula is C22H23NO2. The molecule has 0 spiro atoms. The minimum atomic E-state index is -0.0788. The van der Waals surface area contributed by atoms with Gasteiger partial charge in [0.1, 0.15) is 0 Å². The van der Waals surface area contributed by atoms with Gasteiger partial charge in [0.15, 0.2) is 0 Å². The molecule has 2 aromatic rings.